The molecule has 0 aliphatic carbocycles. The molecule has 0 atom stereocenters. The van der Waals surface area contributed by atoms with Crippen LogP contribution in [0.3, 0.4) is 0 Å². The summed E-state index contributed by atoms with van der Waals surface area (Å²) in [5.74, 6) is 0. The van der Waals surface area contributed by atoms with Gasteiger partial charge in [0.2, 0.25) is 0 Å². The summed E-state index contributed by atoms with van der Waals surface area (Å²) in [5.41, 5.74) is 6.25. The molecule has 0 unspecified atom stereocenters. The van der Waals surface area contributed by atoms with E-state index < -0.39 is 6.03 Å². The molecule has 3 N–H and O–H groups in total. The third-order valence-electron chi connectivity index (χ3n) is 2.57. The molecule has 0 spiro atoms. The number of carbonyl (C=O) groups is 1. The van der Waals surface area contributed by atoms with Gasteiger partial charge in [-0.05, 0) is 22.8 Å². The second-order valence-corrected chi connectivity index (χ2v) is 3.68. The van der Waals surface area contributed by atoms with E-state index in [9.17, 15) is 4.79 Å². The van der Waals surface area contributed by atoms with Gasteiger partial charge >= 0.3 is 6.03 Å². The molecular weight excluding hydrogens is 200 g/mol. The van der Waals surface area contributed by atoms with Crippen LogP contribution in [-0.4, -0.2) is 12.6 Å². The van der Waals surface area contributed by atoms with Crippen LogP contribution in [0.15, 0.2) is 42.5 Å². The first kappa shape index (κ1) is 10.5. The van der Waals surface area contributed by atoms with E-state index in [0.29, 0.717) is 6.54 Å². The van der Waals surface area contributed by atoms with Crippen LogP contribution in [0.1, 0.15) is 5.56 Å². The zero-order valence-corrected chi connectivity index (χ0v) is 8.94. The molecule has 0 aliphatic heterocycles. The maximum atomic E-state index is 10.6. The molecule has 0 heterocycles. The van der Waals surface area contributed by atoms with Crippen molar-refractivity contribution < 1.29 is 4.79 Å². The standard InChI is InChI=1S/C13H14N2O/c14-13(16)15-9-8-11-6-3-5-10-4-1-2-7-12(10)11/h1-7H,8-9H2,(H3,14,15,16). The molecule has 0 fully saturated rings. The van der Waals surface area contributed by atoms with E-state index in [1.54, 1.807) is 0 Å². The van der Waals surface area contributed by atoms with Crippen molar-refractivity contribution in [2.24, 2.45) is 5.73 Å². The Kier molecular flexibility index (Phi) is 3.05. The Bertz CT molecular complexity index is 503. The fourth-order valence-electron chi connectivity index (χ4n) is 1.83. The molecule has 2 amide bonds. The summed E-state index contributed by atoms with van der Waals surface area (Å²) in [6, 6.07) is 13.9. The third kappa shape index (κ3) is 2.31. The quantitative estimate of drug-likeness (QED) is 0.807. The fourth-order valence-corrected chi connectivity index (χ4v) is 1.83. The lowest BCUT2D eigenvalue weighted by molar-refractivity contribution is 0.249. The number of hydrogen-bond acceptors (Lipinski definition) is 1. The molecule has 0 radical (unpaired) electrons. The first-order chi connectivity index (χ1) is 7.77. The van der Waals surface area contributed by atoms with E-state index in [0.717, 1.165) is 6.42 Å². The Hall–Kier alpha value is -2.03. The SMILES string of the molecule is NC(=O)NCCc1cccc2ccccc12. The van der Waals surface area contributed by atoms with E-state index in [2.05, 4.69) is 29.6 Å². The zero-order chi connectivity index (χ0) is 11.4. The van der Waals surface area contributed by atoms with Crippen molar-refractivity contribution in [3.63, 3.8) is 0 Å². The topological polar surface area (TPSA) is 55.1 Å². The Balaban J connectivity index is 2.20. The zero-order valence-electron chi connectivity index (χ0n) is 8.94. The average molecular weight is 214 g/mol. The molecule has 16 heavy (non-hydrogen) atoms. The van der Waals surface area contributed by atoms with Crippen molar-refractivity contribution in [1.29, 1.82) is 0 Å². The van der Waals surface area contributed by atoms with Gasteiger partial charge in [0, 0.05) is 6.54 Å². The van der Waals surface area contributed by atoms with Crippen LogP contribution < -0.4 is 11.1 Å². The summed E-state index contributed by atoms with van der Waals surface area (Å²) in [4.78, 5) is 10.6. The number of fused-ring (bicyclic) bond motifs is 1. The van der Waals surface area contributed by atoms with Crippen LogP contribution in [0.25, 0.3) is 10.8 Å². The number of primary amides is 1. The monoisotopic (exact) mass is 214 g/mol. The average Bonchev–Trinajstić information content (AvgIpc) is 2.29. The predicted molar refractivity (Wildman–Crippen MR) is 65.2 cm³/mol. The van der Waals surface area contributed by atoms with Crippen molar-refractivity contribution in [2.75, 3.05) is 6.54 Å². The first-order valence-corrected chi connectivity index (χ1v) is 5.27. The Labute approximate surface area is 94.3 Å². The third-order valence-corrected chi connectivity index (χ3v) is 2.57. The van der Waals surface area contributed by atoms with Crippen molar-refractivity contribution in [2.45, 2.75) is 6.42 Å². The molecule has 0 bridgehead atoms. The largest absolute Gasteiger partial charge is 0.352 e. The van der Waals surface area contributed by atoms with Gasteiger partial charge in [-0.1, -0.05) is 42.5 Å². The van der Waals surface area contributed by atoms with Crippen LogP contribution in [0, 0.1) is 0 Å². The summed E-state index contributed by atoms with van der Waals surface area (Å²) in [6.07, 6.45) is 0.796. The van der Waals surface area contributed by atoms with Crippen LogP contribution in [0.5, 0.6) is 0 Å². The summed E-state index contributed by atoms with van der Waals surface area (Å²) >= 11 is 0. The maximum Gasteiger partial charge on any atom is 0.312 e. The molecule has 3 nitrogen and oxygen atoms in total. The molecule has 0 aromatic heterocycles. The van der Waals surface area contributed by atoms with Gasteiger partial charge in [0.25, 0.3) is 0 Å². The highest BCUT2D eigenvalue weighted by molar-refractivity contribution is 5.85. The Morgan fingerprint density at radius 1 is 1.12 bits per heavy atom. The second kappa shape index (κ2) is 4.66. The van der Waals surface area contributed by atoms with Gasteiger partial charge < -0.3 is 11.1 Å². The van der Waals surface area contributed by atoms with Gasteiger partial charge in [0.1, 0.15) is 0 Å². The lowest BCUT2D eigenvalue weighted by Gasteiger charge is -2.06. The number of amides is 2. The number of rotatable bonds is 3. The number of nitrogens with one attached hydrogen (secondary N) is 1. The normalized spacial score (nSPS) is 10.2. The van der Waals surface area contributed by atoms with E-state index in [1.165, 1.54) is 16.3 Å². The van der Waals surface area contributed by atoms with E-state index in [1.807, 2.05) is 18.2 Å². The highest BCUT2D eigenvalue weighted by atomic mass is 16.2. The number of carbonyl (C=O) groups excluding carboxylic acids is 1. The van der Waals surface area contributed by atoms with Crippen LogP contribution in [-0.2, 0) is 6.42 Å². The van der Waals surface area contributed by atoms with Crippen molar-refractivity contribution in [3.8, 4) is 0 Å². The highest BCUT2D eigenvalue weighted by Gasteiger charge is 2.00. The van der Waals surface area contributed by atoms with Gasteiger partial charge in [-0.2, -0.15) is 0 Å². The predicted octanol–water partition coefficient (Wildman–Crippen LogP) is 2.05. The molecule has 2 aromatic rings. The summed E-state index contributed by atoms with van der Waals surface area (Å²) in [7, 11) is 0. The van der Waals surface area contributed by atoms with Gasteiger partial charge in [-0.3, -0.25) is 0 Å². The van der Waals surface area contributed by atoms with Gasteiger partial charge in [0.15, 0.2) is 0 Å². The van der Waals surface area contributed by atoms with Gasteiger partial charge in [-0.15, -0.1) is 0 Å². The smallest absolute Gasteiger partial charge is 0.312 e. The van der Waals surface area contributed by atoms with E-state index >= 15 is 0 Å². The molecule has 2 aromatic carbocycles. The number of urea groups is 1. The summed E-state index contributed by atoms with van der Waals surface area (Å²) < 4.78 is 0. The minimum absolute atomic E-state index is 0.472. The van der Waals surface area contributed by atoms with Gasteiger partial charge in [-0.25, -0.2) is 4.79 Å². The molecule has 2 rings (SSSR count). The van der Waals surface area contributed by atoms with Crippen molar-refractivity contribution in [1.82, 2.24) is 5.32 Å². The fraction of sp³-hybridized carbons (Fsp3) is 0.154. The van der Waals surface area contributed by atoms with E-state index in [4.69, 9.17) is 5.73 Å². The van der Waals surface area contributed by atoms with Gasteiger partial charge in [0.05, 0.1) is 0 Å². The summed E-state index contributed by atoms with van der Waals surface area (Å²) in [6.45, 7) is 0.573. The minimum Gasteiger partial charge on any atom is -0.352 e. The lowest BCUT2D eigenvalue weighted by atomic mass is 10.0. The Morgan fingerprint density at radius 2 is 1.88 bits per heavy atom. The molecule has 82 valence electrons. The summed E-state index contributed by atoms with van der Waals surface area (Å²) in [5, 5.41) is 5.05. The number of benzene rings is 2. The van der Waals surface area contributed by atoms with E-state index in [-0.39, 0.29) is 0 Å². The number of nitrogens with two attached hydrogens (primary N) is 1. The minimum atomic E-state index is -0.472. The highest BCUT2D eigenvalue weighted by Crippen LogP contribution is 2.18. The van der Waals surface area contributed by atoms with Crippen LogP contribution in [0.2, 0.25) is 0 Å². The molecule has 0 saturated carbocycles. The lowest BCUT2D eigenvalue weighted by Crippen LogP contribution is -2.30. The van der Waals surface area contributed by atoms with Crippen molar-refractivity contribution in [3.05, 3.63) is 48.0 Å². The second-order valence-electron chi connectivity index (χ2n) is 3.68. The molecule has 0 saturated heterocycles. The van der Waals surface area contributed by atoms with Crippen LogP contribution >= 0.6 is 0 Å². The van der Waals surface area contributed by atoms with Crippen molar-refractivity contribution >= 4 is 16.8 Å². The molecule has 3 heteroatoms. The molecule has 0 aliphatic rings. The Morgan fingerprint density at radius 3 is 2.69 bits per heavy atom. The van der Waals surface area contributed by atoms with Crippen LogP contribution in [0.4, 0.5) is 4.79 Å². The maximum absolute atomic E-state index is 10.6. The number of hydrogen-bond donors (Lipinski definition) is 2. The molecular formula is C13H14N2O. The first-order valence-electron chi connectivity index (χ1n) is 5.27.